The number of carbonyl (C=O) groups excluding carboxylic acids is 1. The number of hydrogen-bond donors (Lipinski definition) is 1. The first-order valence-corrected chi connectivity index (χ1v) is 8.81. The molecule has 4 rings (SSSR count). The van der Waals surface area contributed by atoms with Crippen LogP contribution >= 0.6 is 11.3 Å². The summed E-state index contributed by atoms with van der Waals surface area (Å²) in [6.07, 6.45) is 3.60. The quantitative estimate of drug-likeness (QED) is 0.940. The molecule has 2 unspecified atom stereocenters. The normalized spacial score (nSPS) is 26.8. The number of likely N-dealkylation sites (tertiary alicyclic amines) is 1. The molecule has 2 atom stereocenters. The van der Waals surface area contributed by atoms with Crippen LogP contribution in [0.15, 0.2) is 41.2 Å². The Hall–Kier alpha value is -1.92. The number of anilines is 1. The summed E-state index contributed by atoms with van der Waals surface area (Å²) < 4.78 is 6.10. The lowest BCUT2D eigenvalue weighted by Gasteiger charge is -2.23. The van der Waals surface area contributed by atoms with Crippen molar-refractivity contribution < 1.29 is 9.53 Å². The molecule has 0 aliphatic carbocycles. The highest BCUT2D eigenvalue weighted by Crippen LogP contribution is 2.36. The van der Waals surface area contributed by atoms with Crippen molar-refractivity contribution in [1.29, 1.82) is 0 Å². The topological polar surface area (TPSA) is 54.5 Å². The van der Waals surface area contributed by atoms with Gasteiger partial charge in [-0.2, -0.15) is 11.3 Å². The van der Waals surface area contributed by atoms with Crippen molar-refractivity contribution in [1.82, 2.24) is 9.88 Å². The maximum atomic E-state index is 12.5. The molecule has 6 heteroatoms. The number of pyridine rings is 1. The van der Waals surface area contributed by atoms with Crippen molar-refractivity contribution in [3.05, 3.63) is 46.8 Å². The van der Waals surface area contributed by atoms with Gasteiger partial charge in [-0.1, -0.05) is 6.07 Å². The Morgan fingerprint density at radius 2 is 2.39 bits per heavy atom. The number of rotatable bonds is 3. The number of hydrogen-bond acceptors (Lipinski definition) is 5. The summed E-state index contributed by atoms with van der Waals surface area (Å²) in [7, 11) is 0. The molecule has 1 N–H and O–H groups in total. The van der Waals surface area contributed by atoms with E-state index in [0.717, 1.165) is 30.8 Å². The first-order chi connectivity index (χ1) is 11.2. The van der Waals surface area contributed by atoms with E-state index >= 15 is 0 Å². The molecular weight excluding hydrogens is 310 g/mol. The van der Waals surface area contributed by atoms with E-state index in [1.807, 2.05) is 39.9 Å². The molecule has 5 nitrogen and oxygen atoms in total. The first kappa shape index (κ1) is 14.7. The predicted octanol–water partition coefficient (Wildman–Crippen LogP) is 2.63. The largest absolute Gasteiger partial charge is 0.371 e. The standard InChI is InChI=1S/C17H19N3O2S/c21-16(13-4-8-23-11-13)20-7-5-17(12-20)9-14(10-22-17)19-15-3-1-2-6-18-15/h1-4,6,8,11,14H,5,7,9-10,12H2,(H,18,19). The number of ether oxygens (including phenoxy) is 1. The van der Waals surface area contributed by atoms with Crippen LogP contribution in [0.25, 0.3) is 0 Å². The van der Waals surface area contributed by atoms with Gasteiger partial charge < -0.3 is 15.0 Å². The van der Waals surface area contributed by atoms with E-state index in [-0.39, 0.29) is 17.6 Å². The number of amides is 1. The second-order valence-electron chi connectivity index (χ2n) is 6.24. The second-order valence-corrected chi connectivity index (χ2v) is 7.02. The monoisotopic (exact) mass is 329 g/mol. The molecule has 23 heavy (non-hydrogen) atoms. The van der Waals surface area contributed by atoms with Crippen molar-refractivity contribution >= 4 is 23.1 Å². The number of aromatic nitrogens is 1. The van der Waals surface area contributed by atoms with E-state index in [9.17, 15) is 4.79 Å². The van der Waals surface area contributed by atoms with Crippen molar-refractivity contribution in [2.24, 2.45) is 0 Å². The maximum absolute atomic E-state index is 12.5. The van der Waals surface area contributed by atoms with Crippen LogP contribution in [0.1, 0.15) is 23.2 Å². The van der Waals surface area contributed by atoms with Crippen LogP contribution in [0.5, 0.6) is 0 Å². The van der Waals surface area contributed by atoms with Gasteiger partial charge in [0.25, 0.3) is 5.91 Å². The molecule has 4 heterocycles. The van der Waals surface area contributed by atoms with Crippen molar-refractivity contribution in [3.63, 3.8) is 0 Å². The molecule has 1 spiro atoms. The van der Waals surface area contributed by atoms with Crippen LogP contribution in [-0.4, -0.2) is 47.1 Å². The summed E-state index contributed by atoms with van der Waals surface area (Å²) in [4.78, 5) is 18.7. The summed E-state index contributed by atoms with van der Waals surface area (Å²) in [6, 6.07) is 7.98. The summed E-state index contributed by atoms with van der Waals surface area (Å²) in [5.41, 5.74) is 0.589. The van der Waals surface area contributed by atoms with Gasteiger partial charge in [-0.25, -0.2) is 4.98 Å². The highest BCUT2D eigenvalue weighted by Gasteiger charge is 2.46. The molecular formula is C17H19N3O2S. The lowest BCUT2D eigenvalue weighted by atomic mass is 9.97. The molecule has 0 radical (unpaired) electrons. The van der Waals surface area contributed by atoms with E-state index in [0.29, 0.717) is 13.2 Å². The predicted molar refractivity (Wildman–Crippen MR) is 89.8 cm³/mol. The van der Waals surface area contributed by atoms with Gasteiger partial charge in [0.05, 0.1) is 30.4 Å². The van der Waals surface area contributed by atoms with Crippen molar-refractivity contribution in [3.8, 4) is 0 Å². The summed E-state index contributed by atoms with van der Waals surface area (Å²) >= 11 is 1.56. The maximum Gasteiger partial charge on any atom is 0.254 e. The van der Waals surface area contributed by atoms with Gasteiger partial charge in [0.15, 0.2) is 0 Å². The minimum atomic E-state index is -0.196. The van der Waals surface area contributed by atoms with Crippen molar-refractivity contribution in [2.45, 2.75) is 24.5 Å². The summed E-state index contributed by atoms with van der Waals surface area (Å²) in [5.74, 6) is 0.996. The molecule has 2 aliphatic heterocycles. The Kier molecular flexibility index (Phi) is 3.79. The van der Waals surface area contributed by atoms with Crippen LogP contribution in [0.4, 0.5) is 5.82 Å². The smallest absolute Gasteiger partial charge is 0.254 e. The highest BCUT2D eigenvalue weighted by atomic mass is 32.1. The van der Waals surface area contributed by atoms with Gasteiger partial charge in [0.1, 0.15) is 5.82 Å². The van der Waals surface area contributed by atoms with Crippen LogP contribution < -0.4 is 5.32 Å². The lowest BCUT2D eigenvalue weighted by molar-refractivity contribution is 0.0125. The van der Waals surface area contributed by atoms with Gasteiger partial charge in [-0.05, 0) is 30.0 Å². The Balaban J connectivity index is 1.38. The van der Waals surface area contributed by atoms with Gasteiger partial charge in [-0.3, -0.25) is 4.79 Å². The van der Waals surface area contributed by atoms with E-state index in [1.54, 1.807) is 17.5 Å². The third-order valence-corrected chi connectivity index (χ3v) is 5.28. The molecule has 0 bridgehead atoms. The van der Waals surface area contributed by atoms with E-state index in [1.165, 1.54) is 0 Å². The van der Waals surface area contributed by atoms with Crippen LogP contribution in [0, 0.1) is 0 Å². The molecule has 0 saturated carbocycles. The molecule has 2 aliphatic rings. The minimum absolute atomic E-state index is 0.118. The molecule has 1 amide bonds. The summed E-state index contributed by atoms with van der Waals surface area (Å²) in [5, 5.41) is 7.28. The minimum Gasteiger partial charge on any atom is -0.371 e. The average Bonchev–Trinajstić information content (AvgIpc) is 3.31. The van der Waals surface area contributed by atoms with Gasteiger partial charge in [-0.15, -0.1) is 0 Å². The Bertz CT molecular complexity index is 676. The van der Waals surface area contributed by atoms with Crippen LogP contribution in [0.3, 0.4) is 0 Å². The molecule has 2 aromatic heterocycles. The molecule has 2 saturated heterocycles. The third-order valence-electron chi connectivity index (χ3n) is 4.60. The fourth-order valence-corrected chi connectivity index (χ4v) is 4.10. The SMILES string of the molecule is O=C(c1ccsc1)N1CCC2(CC(Nc3ccccn3)CO2)C1. The van der Waals surface area contributed by atoms with Gasteiger partial charge >= 0.3 is 0 Å². The van der Waals surface area contributed by atoms with E-state index in [4.69, 9.17) is 4.74 Å². The first-order valence-electron chi connectivity index (χ1n) is 7.87. The van der Waals surface area contributed by atoms with Crippen LogP contribution in [0.2, 0.25) is 0 Å². The number of nitrogens with zero attached hydrogens (tertiary/aromatic N) is 2. The average molecular weight is 329 g/mol. The Morgan fingerprint density at radius 3 is 3.17 bits per heavy atom. The zero-order valence-electron chi connectivity index (χ0n) is 12.8. The van der Waals surface area contributed by atoms with Crippen LogP contribution in [-0.2, 0) is 4.74 Å². The molecule has 2 aromatic rings. The lowest BCUT2D eigenvalue weighted by Crippen LogP contribution is -2.36. The van der Waals surface area contributed by atoms with Gasteiger partial charge in [0.2, 0.25) is 0 Å². The number of nitrogens with one attached hydrogen (secondary N) is 1. The fraction of sp³-hybridized carbons (Fsp3) is 0.412. The second kappa shape index (κ2) is 5.94. The highest BCUT2D eigenvalue weighted by molar-refractivity contribution is 7.08. The third kappa shape index (κ3) is 2.96. The Labute approximate surface area is 139 Å². The zero-order valence-corrected chi connectivity index (χ0v) is 13.6. The zero-order chi connectivity index (χ0) is 15.7. The number of carbonyl (C=O) groups is 1. The molecule has 120 valence electrons. The van der Waals surface area contributed by atoms with Gasteiger partial charge in [0, 0.05) is 24.5 Å². The van der Waals surface area contributed by atoms with E-state index in [2.05, 4.69) is 10.3 Å². The Morgan fingerprint density at radius 1 is 1.43 bits per heavy atom. The molecule has 2 fully saturated rings. The van der Waals surface area contributed by atoms with E-state index < -0.39 is 0 Å². The van der Waals surface area contributed by atoms with Crippen molar-refractivity contribution in [2.75, 3.05) is 25.0 Å². The number of thiophene rings is 1. The molecule has 0 aromatic carbocycles. The summed E-state index contributed by atoms with van der Waals surface area (Å²) in [6.45, 7) is 2.12. The fourth-order valence-electron chi connectivity index (χ4n) is 3.47.